The van der Waals surface area contributed by atoms with Gasteiger partial charge in [0.15, 0.2) is 6.61 Å². The lowest BCUT2D eigenvalue weighted by molar-refractivity contribution is -0.118. The van der Waals surface area contributed by atoms with Gasteiger partial charge in [0.1, 0.15) is 5.75 Å². The van der Waals surface area contributed by atoms with Crippen LogP contribution in [-0.4, -0.2) is 29.9 Å². The number of carbonyl (C=O) groups excluding carboxylic acids is 1. The Labute approximate surface area is 180 Å². The molecule has 30 heavy (non-hydrogen) atoms. The fraction of sp³-hybridized carbons (Fsp3) is 0.435. The number of anilines is 1. The average molecular weight is 423 g/mol. The highest BCUT2D eigenvalue weighted by Gasteiger charge is 2.50. The normalized spacial score (nSPS) is 24.7. The summed E-state index contributed by atoms with van der Waals surface area (Å²) in [7, 11) is 0. The van der Waals surface area contributed by atoms with Gasteiger partial charge in [0.25, 0.3) is 5.91 Å². The molecule has 1 aliphatic heterocycles. The van der Waals surface area contributed by atoms with Crippen LogP contribution in [0.15, 0.2) is 45.3 Å². The Balaban J connectivity index is 1.53. The summed E-state index contributed by atoms with van der Waals surface area (Å²) in [6.45, 7) is 7.53. The van der Waals surface area contributed by atoms with Crippen LogP contribution >= 0.6 is 11.3 Å². The third-order valence-electron chi connectivity index (χ3n) is 6.72. The van der Waals surface area contributed by atoms with Crippen molar-refractivity contribution in [1.29, 1.82) is 0 Å². The molecular weight excluding hydrogens is 396 g/mol. The van der Waals surface area contributed by atoms with E-state index in [1.807, 2.05) is 36.0 Å². The number of rotatable bonds is 4. The molecule has 2 bridgehead atoms. The minimum absolute atomic E-state index is 0.0576. The predicted octanol–water partition coefficient (Wildman–Crippen LogP) is 4.29. The van der Waals surface area contributed by atoms with Gasteiger partial charge >= 0.3 is 0 Å². The van der Waals surface area contributed by atoms with E-state index in [0.717, 1.165) is 28.4 Å². The predicted molar refractivity (Wildman–Crippen MR) is 120 cm³/mol. The van der Waals surface area contributed by atoms with Gasteiger partial charge < -0.3 is 10.1 Å². The average Bonchev–Trinajstić information content (AvgIpc) is 3.14. The second kappa shape index (κ2) is 7.23. The number of hydrogen-bond donors (Lipinski definition) is 1. The zero-order valence-electron chi connectivity index (χ0n) is 17.5. The molecule has 6 rings (SSSR count). The van der Waals surface area contributed by atoms with Crippen LogP contribution in [0.5, 0.6) is 5.75 Å². The number of nitrogens with zero attached hydrogens (tertiary/aromatic N) is 3. The maximum Gasteiger partial charge on any atom is 0.262 e. The molecule has 1 aromatic carbocycles. The molecule has 2 heterocycles. The fourth-order valence-corrected chi connectivity index (χ4v) is 5.67. The van der Waals surface area contributed by atoms with E-state index in [-0.39, 0.29) is 12.5 Å². The van der Waals surface area contributed by atoms with Gasteiger partial charge in [-0.2, -0.15) is 5.10 Å². The van der Waals surface area contributed by atoms with Crippen molar-refractivity contribution in [2.45, 2.75) is 33.6 Å². The molecule has 0 spiro atoms. The number of thiazole rings is 1. The Bertz CT molecular complexity index is 1140. The van der Waals surface area contributed by atoms with Crippen molar-refractivity contribution < 1.29 is 9.53 Å². The van der Waals surface area contributed by atoms with Gasteiger partial charge in [-0.15, -0.1) is 11.3 Å². The number of aromatic nitrogens is 1. The summed E-state index contributed by atoms with van der Waals surface area (Å²) >= 11 is 1.58. The summed E-state index contributed by atoms with van der Waals surface area (Å²) in [6.07, 6.45) is 6.78. The quantitative estimate of drug-likeness (QED) is 0.747. The van der Waals surface area contributed by atoms with E-state index in [1.54, 1.807) is 11.3 Å². The molecule has 1 amide bonds. The summed E-state index contributed by atoms with van der Waals surface area (Å²) < 4.78 is 7.41. The van der Waals surface area contributed by atoms with Gasteiger partial charge in [-0.25, -0.2) is 4.68 Å². The Kier molecular flexibility index (Phi) is 4.65. The first-order chi connectivity index (χ1) is 14.5. The highest BCUT2D eigenvalue weighted by atomic mass is 32.1. The van der Waals surface area contributed by atoms with Crippen LogP contribution in [0.4, 0.5) is 5.69 Å². The maximum absolute atomic E-state index is 11.7. The van der Waals surface area contributed by atoms with Gasteiger partial charge in [0, 0.05) is 17.5 Å². The van der Waals surface area contributed by atoms with Gasteiger partial charge in [0.2, 0.25) is 4.80 Å². The molecule has 1 saturated carbocycles. The Morgan fingerprint density at radius 1 is 1.40 bits per heavy atom. The largest absolute Gasteiger partial charge is 0.482 e. The number of amides is 1. The van der Waals surface area contributed by atoms with Crippen molar-refractivity contribution in [3.8, 4) is 17.0 Å². The summed E-state index contributed by atoms with van der Waals surface area (Å²) in [5.74, 6) is 1.95. The van der Waals surface area contributed by atoms with Crippen LogP contribution in [-0.2, 0) is 4.79 Å². The lowest BCUT2D eigenvalue weighted by atomic mass is 9.49. The molecule has 0 radical (unpaired) electrons. The van der Waals surface area contributed by atoms with Crippen molar-refractivity contribution in [3.05, 3.63) is 40.0 Å². The Morgan fingerprint density at radius 3 is 3.03 bits per heavy atom. The zero-order chi connectivity index (χ0) is 20.9. The molecule has 1 aromatic heterocycles. The van der Waals surface area contributed by atoms with Crippen LogP contribution in [0.25, 0.3) is 11.3 Å². The topological polar surface area (TPSA) is 68.0 Å². The van der Waals surface area contributed by atoms with Crippen LogP contribution in [0.1, 0.15) is 33.6 Å². The number of ether oxygens (including phenoxy) is 1. The van der Waals surface area contributed by atoms with Gasteiger partial charge in [0.05, 0.1) is 17.6 Å². The highest BCUT2D eigenvalue weighted by molar-refractivity contribution is 7.07. The molecule has 2 atom stereocenters. The number of nitrogens with one attached hydrogen (secondary N) is 1. The monoisotopic (exact) mass is 422 g/mol. The van der Waals surface area contributed by atoms with Crippen molar-refractivity contribution in [1.82, 2.24) is 4.68 Å². The second-order valence-corrected chi connectivity index (χ2v) is 9.56. The Hall–Kier alpha value is -2.67. The van der Waals surface area contributed by atoms with Gasteiger partial charge in [-0.3, -0.25) is 9.79 Å². The first kappa shape index (κ1) is 19.3. The molecule has 6 nitrogen and oxygen atoms in total. The van der Waals surface area contributed by atoms with E-state index in [2.05, 4.69) is 35.6 Å². The third kappa shape index (κ3) is 3.12. The lowest BCUT2D eigenvalue weighted by Gasteiger charge is -2.55. The smallest absolute Gasteiger partial charge is 0.262 e. The number of carbonyl (C=O) groups is 1. The number of benzene rings is 1. The maximum atomic E-state index is 11.7. The van der Waals surface area contributed by atoms with E-state index < -0.39 is 0 Å². The lowest BCUT2D eigenvalue weighted by Crippen LogP contribution is -2.48. The van der Waals surface area contributed by atoms with Crippen LogP contribution in [0, 0.1) is 17.3 Å². The first-order valence-electron chi connectivity index (χ1n) is 10.5. The molecule has 156 valence electrons. The number of hydrogen-bond acceptors (Lipinski definition) is 5. The van der Waals surface area contributed by atoms with E-state index >= 15 is 0 Å². The van der Waals surface area contributed by atoms with Crippen molar-refractivity contribution >= 4 is 29.1 Å². The van der Waals surface area contributed by atoms with Crippen molar-refractivity contribution in [2.75, 3.05) is 18.5 Å². The molecule has 4 aliphatic rings. The summed E-state index contributed by atoms with van der Waals surface area (Å²) in [6, 6.07) is 5.84. The Morgan fingerprint density at radius 2 is 2.27 bits per heavy atom. The molecule has 2 unspecified atom stereocenters. The molecule has 7 heteroatoms. The SMILES string of the molecule is CCN=c1scc(-c2ccc3c(c2)NC(=O)CO3)n1N=CC1=CCC2CC1C2(C)C. The fourth-order valence-electron chi connectivity index (χ4n) is 4.76. The van der Waals surface area contributed by atoms with Crippen LogP contribution in [0.2, 0.25) is 0 Å². The summed E-state index contributed by atoms with van der Waals surface area (Å²) in [5.41, 5.74) is 4.31. The minimum Gasteiger partial charge on any atom is -0.482 e. The van der Waals surface area contributed by atoms with Gasteiger partial charge in [-0.05, 0) is 60.8 Å². The van der Waals surface area contributed by atoms with E-state index in [1.165, 1.54) is 12.0 Å². The number of allylic oxidation sites excluding steroid dienone is 2. The highest BCUT2D eigenvalue weighted by Crippen LogP contribution is 2.58. The van der Waals surface area contributed by atoms with Gasteiger partial charge in [-0.1, -0.05) is 19.9 Å². The second-order valence-electron chi connectivity index (χ2n) is 8.73. The van der Waals surface area contributed by atoms with Crippen LogP contribution in [0.3, 0.4) is 0 Å². The molecule has 1 fully saturated rings. The summed E-state index contributed by atoms with van der Waals surface area (Å²) in [5, 5.41) is 9.83. The zero-order valence-corrected chi connectivity index (χ0v) is 18.3. The van der Waals surface area contributed by atoms with Crippen LogP contribution < -0.4 is 14.9 Å². The molecule has 0 saturated heterocycles. The van der Waals surface area contributed by atoms with Crippen molar-refractivity contribution in [3.63, 3.8) is 0 Å². The summed E-state index contributed by atoms with van der Waals surface area (Å²) in [4.78, 5) is 17.2. The number of fused-ring (bicyclic) bond motifs is 2. The standard InChI is InChI=1S/C23H26N4O2S/c1-4-24-22-27(25-11-15-5-7-16-10-17(15)23(16,2)3)19(13-30-22)14-6-8-20-18(9-14)26-21(28)12-29-20/h5-6,8-9,11,13,16-17H,4,7,10,12H2,1-3H3,(H,26,28). The van der Waals surface area contributed by atoms with E-state index in [0.29, 0.717) is 29.3 Å². The molecule has 3 aliphatic carbocycles. The molecular formula is C23H26N4O2S. The van der Waals surface area contributed by atoms with E-state index in [9.17, 15) is 4.79 Å². The molecule has 2 aromatic rings. The first-order valence-corrected chi connectivity index (χ1v) is 11.4. The molecule has 1 N–H and O–H groups in total. The minimum atomic E-state index is -0.136. The van der Waals surface area contributed by atoms with Crippen molar-refractivity contribution in [2.24, 2.45) is 27.3 Å². The third-order valence-corrected chi connectivity index (χ3v) is 7.57. The van der Waals surface area contributed by atoms with E-state index in [4.69, 9.17) is 9.84 Å².